The quantitative estimate of drug-likeness (QED) is 0.400. The van der Waals surface area contributed by atoms with Crippen LogP contribution in [0.15, 0.2) is 46.5 Å². The zero-order valence-electron chi connectivity index (χ0n) is 21.5. The van der Waals surface area contributed by atoms with E-state index in [2.05, 4.69) is 0 Å². The van der Waals surface area contributed by atoms with Crippen LogP contribution >= 0.6 is 0 Å². The third kappa shape index (κ3) is 4.17. The number of methoxy groups -OCH3 is 1. The number of carbonyl (C=O) groups is 2. The van der Waals surface area contributed by atoms with Crippen molar-refractivity contribution in [1.29, 1.82) is 0 Å². The Labute approximate surface area is 219 Å². The maximum atomic E-state index is 13.2. The topological polar surface area (TPSA) is 165 Å². The Kier molecular flexibility index (Phi) is 6.93. The normalized spacial score (nSPS) is 42.7. The number of allylic oxidation sites excluding steroid dienone is 2. The maximum absolute atomic E-state index is 13.2. The second-order valence-electron chi connectivity index (χ2n) is 11.1. The molecule has 5 rings (SSSR count). The molecule has 0 aromatic carbocycles. The molecule has 3 fully saturated rings. The van der Waals surface area contributed by atoms with E-state index in [1.807, 2.05) is 19.9 Å². The van der Waals surface area contributed by atoms with Crippen molar-refractivity contribution in [2.24, 2.45) is 22.7 Å². The minimum Gasteiger partial charge on any atom is -0.472 e. The molecule has 0 bridgehead atoms. The molecule has 2 aliphatic heterocycles. The van der Waals surface area contributed by atoms with Gasteiger partial charge in [0, 0.05) is 16.6 Å². The summed E-state index contributed by atoms with van der Waals surface area (Å²) in [7, 11) is 1.29. The van der Waals surface area contributed by atoms with Gasteiger partial charge in [0.1, 0.15) is 36.3 Å². The van der Waals surface area contributed by atoms with Crippen LogP contribution in [0.3, 0.4) is 0 Å². The van der Waals surface area contributed by atoms with Crippen LogP contribution in [0.2, 0.25) is 0 Å². The van der Waals surface area contributed by atoms with E-state index in [1.165, 1.54) is 19.4 Å². The Balaban J connectivity index is 1.53. The largest absolute Gasteiger partial charge is 0.472 e. The van der Waals surface area contributed by atoms with Crippen LogP contribution in [0.1, 0.15) is 44.8 Å². The minimum absolute atomic E-state index is 0.179. The lowest BCUT2D eigenvalue weighted by Crippen LogP contribution is -2.59. The lowest BCUT2D eigenvalue weighted by Gasteiger charge is -2.58. The van der Waals surface area contributed by atoms with Gasteiger partial charge in [-0.1, -0.05) is 13.8 Å². The zero-order valence-corrected chi connectivity index (χ0v) is 21.5. The van der Waals surface area contributed by atoms with Crippen LogP contribution in [0.4, 0.5) is 0 Å². The molecule has 1 aromatic heterocycles. The molecule has 11 nitrogen and oxygen atoms in total. The van der Waals surface area contributed by atoms with Crippen LogP contribution in [0.5, 0.6) is 0 Å². The SMILES string of the molecule is COC(=O)C1=CC(O[C@@H]2O[C@H](CO)[C@@H](O)[C@H](O)[C@H]2O)=C[C@H]2[C@]3(C)C[C@@H](c4ccoc4)OC(=O)[C@H]3CC[C@@]12C. The Morgan fingerprint density at radius 3 is 2.61 bits per heavy atom. The first kappa shape index (κ1) is 26.9. The first-order valence-electron chi connectivity index (χ1n) is 12.8. The summed E-state index contributed by atoms with van der Waals surface area (Å²) in [6.45, 7) is 3.37. The molecular formula is C27H34O11. The number of aliphatic hydroxyl groups is 4. The number of cyclic esters (lactones) is 1. The highest BCUT2D eigenvalue weighted by Gasteiger charge is 2.61. The van der Waals surface area contributed by atoms with Crippen molar-refractivity contribution in [3.63, 3.8) is 0 Å². The second kappa shape index (κ2) is 9.80. The van der Waals surface area contributed by atoms with Gasteiger partial charge in [-0.3, -0.25) is 4.79 Å². The van der Waals surface area contributed by atoms with Crippen molar-refractivity contribution >= 4 is 11.9 Å². The van der Waals surface area contributed by atoms with E-state index in [-0.39, 0.29) is 17.6 Å². The van der Waals surface area contributed by atoms with Gasteiger partial charge in [-0.15, -0.1) is 0 Å². The predicted molar refractivity (Wildman–Crippen MR) is 128 cm³/mol. The van der Waals surface area contributed by atoms with E-state index in [0.29, 0.717) is 24.8 Å². The fourth-order valence-corrected chi connectivity index (χ4v) is 6.81. The standard InChI is InChI=1S/C27H34O11/c1-26-6-4-15-24(33)37-17(13-5-7-35-12-13)10-27(15,2)19(26)9-14(8-16(26)23(32)34-3)36-25-22(31)21(30)20(29)18(11-28)38-25/h5,7-9,12,15,17-22,25,28-31H,4,6,10-11H2,1-3H3/t15-,17+,18-,19-,20-,21+,22-,25-,26+,27-/m1/s1. The second-order valence-corrected chi connectivity index (χ2v) is 11.1. The Morgan fingerprint density at radius 1 is 1.18 bits per heavy atom. The Morgan fingerprint density at radius 2 is 1.95 bits per heavy atom. The van der Waals surface area contributed by atoms with Crippen LogP contribution in [-0.2, 0) is 28.5 Å². The van der Waals surface area contributed by atoms with Gasteiger partial charge >= 0.3 is 11.9 Å². The number of hydrogen-bond donors (Lipinski definition) is 4. The van der Waals surface area contributed by atoms with Gasteiger partial charge in [0.2, 0.25) is 6.29 Å². The number of carbonyl (C=O) groups excluding carboxylic acids is 2. The average molecular weight is 535 g/mol. The molecule has 4 aliphatic rings. The van der Waals surface area contributed by atoms with Gasteiger partial charge in [0.15, 0.2) is 0 Å². The highest BCUT2D eigenvalue weighted by molar-refractivity contribution is 5.91. The highest BCUT2D eigenvalue weighted by Crippen LogP contribution is 2.64. The molecule has 0 amide bonds. The Hall–Kier alpha value is -2.70. The minimum atomic E-state index is -1.62. The van der Waals surface area contributed by atoms with E-state index in [0.717, 1.165) is 5.56 Å². The highest BCUT2D eigenvalue weighted by atomic mass is 16.7. The lowest BCUT2D eigenvalue weighted by molar-refractivity contribution is -0.290. The Bertz CT molecular complexity index is 1120. The summed E-state index contributed by atoms with van der Waals surface area (Å²) in [5, 5.41) is 40.4. The lowest BCUT2D eigenvalue weighted by atomic mass is 9.47. The fourth-order valence-electron chi connectivity index (χ4n) is 6.81. The van der Waals surface area contributed by atoms with Crippen molar-refractivity contribution < 1.29 is 53.4 Å². The number of furan rings is 1. The van der Waals surface area contributed by atoms with E-state index in [1.54, 1.807) is 12.3 Å². The average Bonchev–Trinajstić information content (AvgIpc) is 3.43. The maximum Gasteiger partial charge on any atom is 0.334 e. The van der Waals surface area contributed by atoms with Gasteiger partial charge in [0.25, 0.3) is 0 Å². The number of ether oxygens (including phenoxy) is 4. The molecule has 1 aromatic rings. The van der Waals surface area contributed by atoms with Crippen molar-refractivity contribution in [2.45, 2.75) is 69.9 Å². The molecule has 11 heteroatoms. The van der Waals surface area contributed by atoms with E-state index < -0.39 is 66.1 Å². The van der Waals surface area contributed by atoms with Crippen LogP contribution < -0.4 is 0 Å². The summed E-state index contributed by atoms with van der Waals surface area (Å²) in [6, 6.07) is 1.76. The molecule has 208 valence electrons. The number of hydrogen-bond acceptors (Lipinski definition) is 11. The fraction of sp³-hybridized carbons (Fsp3) is 0.630. The summed E-state index contributed by atoms with van der Waals surface area (Å²) >= 11 is 0. The molecule has 4 N–H and O–H groups in total. The molecule has 0 radical (unpaired) electrons. The third-order valence-corrected chi connectivity index (χ3v) is 8.97. The van der Waals surface area contributed by atoms with Crippen LogP contribution in [0, 0.1) is 22.7 Å². The smallest absolute Gasteiger partial charge is 0.334 e. The van der Waals surface area contributed by atoms with Crippen LogP contribution in [0.25, 0.3) is 0 Å². The van der Waals surface area contributed by atoms with Crippen molar-refractivity contribution in [2.75, 3.05) is 13.7 Å². The number of aliphatic hydroxyl groups excluding tert-OH is 4. The third-order valence-electron chi connectivity index (χ3n) is 8.97. The first-order chi connectivity index (χ1) is 18.0. The van der Waals surface area contributed by atoms with Crippen molar-refractivity contribution in [3.05, 3.63) is 47.6 Å². The number of rotatable bonds is 5. The number of fused-ring (bicyclic) bond motifs is 3. The summed E-state index contributed by atoms with van der Waals surface area (Å²) in [5.41, 5.74) is -0.252. The molecule has 2 saturated heterocycles. The van der Waals surface area contributed by atoms with Gasteiger partial charge in [0.05, 0.1) is 32.2 Å². The molecule has 3 heterocycles. The summed E-state index contributed by atoms with van der Waals surface area (Å²) in [5.74, 6) is -1.49. The van der Waals surface area contributed by atoms with Crippen LogP contribution in [-0.4, -0.2) is 76.8 Å². The van der Waals surface area contributed by atoms with E-state index in [4.69, 9.17) is 23.4 Å². The van der Waals surface area contributed by atoms with Crippen molar-refractivity contribution in [1.82, 2.24) is 0 Å². The molecule has 1 saturated carbocycles. The van der Waals surface area contributed by atoms with E-state index >= 15 is 0 Å². The first-order valence-corrected chi connectivity index (χ1v) is 12.8. The van der Waals surface area contributed by atoms with Gasteiger partial charge in [-0.25, -0.2) is 4.79 Å². The monoisotopic (exact) mass is 534 g/mol. The summed E-state index contributed by atoms with van der Waals surface area (Å²) < 4.78 is 27.6. The zero-order chi connectivity index (χ0) is 27.4. The molecule has 2 aliphatic carbocycles. The number of esters is 2. The molecule has 0 unspecified atom stereocenters. The van der Waals surface area contributed by atoms with Gasteiger partial charge in [-0.2, -0.15) is 0 Å². The van der Waals surface area contributed by atoms with Crippen molar-refractivity contribution in [3.8, 4) is 0 Å². The molecule has 10 atom stereocenters. The molecule has 0 spiro atoms. The van der Waals surface area contributed by atoms with E-state index in [9.17, 15) is 30.0 Å². The molecule has 38 heavy (non-hydrogen) atoms. The van der Waals surface area contributed by atoms with Gasteiger partial charge in [-0.05, 0) is 48.8 Å². The summed E-state index contributed by atoms with van der Waals surface area (Å²) in [6.07, 6.45) is 0.0456. The molecular weight excluding hydrogens is 500 g/mol. The van der Waals surface area contributed by atoms with Gasteiger partial charge < -0.3 is 43.8 Å². The summed E-state index contributed by atoms with van der Waals surface area (Å²) in [4.78, 5) is 26.3. The predicted octanol–water partition coefficient (Wildman–Crippen LogP) is 1.12.